The highest BCUT2D eigenvalue weighted by Crippen LogP contribution is 2.51. The summed E-state index contributed by atoms with van der Waals surface area (Å²) in [6, 6.07) is 0. The molecule has 0 aliphatic heterocycles. The highest BCUT2D eigenvalue weighted by molar-refractivity contribution is 7.63. The maximum Gasteiger partial charge on any atom is 0.234 e. The van der Waals surface area contributed by atoms with Crippen LogP contribution in [-0.4, -0.2) is 42.0 Å². The predicted octanol–water partition coefficient (Wildman–Crippen LogP) is 1.13. The molecule has 5 nitrogen and oxygen atoms in total. The van der Waals surface area contributed by atoms with Gasteiger partial charge in [0.2, 0.25) is 6.41 Å². The molecule has 0 saturated carbocycles. The molecule has 0 radical (unpaired) electrons. The molecule has 0 bridgehead atoms. The van der Waals surface area contributed by atoms with Gasteiger partial charge in [0.25, 0.3) is 0 Å². The van der Waals surface area contributed by atoms with E-state index in [1.165, 1.54) is 0 Å². The molecule has 0 spiro atoms. The van der Waals surface area contributed by atoms with Crippen molar-refractivity contribution in [2.45, 2.75) is 25.5 Å². The number of carbonyl (C=O) groups excluding carboxylic acids is 1. The topological polar surface area (TPSA) is 69.6 Å². The van der Waals surface area contributed by atoms with Gasteiger partial charge < -0.3 is 4.57 Å². The first kappa shape index (κ1) is 13.6. The second-order valence-electron chi connectivity index (χ2n) is 3.86. The lowest BCUT2D eigenvalue weighted by Gasteiger charge is -2.34. The number of amides is 1. The second-order valence-corrected chi connectivity index (χ2v) is 7.55. The molecule has 84 valence electrons. The van der Waals surface area contributed by atoms with Gasteiger partial charge in [0, 0.05) is 0 Å². The lowest BCUT2D eigenvalue weighted by atomic mass is 10.2. The first-order valence-corrected chi connectivity index (χ1v) is 7.08. The van der Waals surface area contributed by atoms with Crippen LogP contribution >= 0.6 is 7.14 Å². The smallest absolute Gasteiger partial charge is 0.234 e. The highest BCUT2D eigenvalue weighted by atomic mass is 31.2. The van der Waals surface area contributed by atoms with Crippen molar-refractivity contribution >= 4 is 13.6 Å². The van der Waals surface area contributed by atoms with Gasteiger partial charge in [-0.3, -0.25) is 15.3 Å². The maximum absolute atomic E-state index is 11.9. The molecule has 1 atom stereocenters. The number of hydroxylamine groups is 2. The van der Waals surface area contributed by atoms with Crippen LogP contribution in [0.4, 0.5) is 0 Å². The fraction of sp³-hybridized carbons (Fsp3) is 0.875. The number of carbonyl (C=O) groups is 1. The van der Waals surface area contributed by atoms with Crippen LogP contribution < -0.4 is 5.32 Å². The third-order valence-corrected chi connectivity index (χ3v) is 5.47. The van der Waals surface area contributed by atoms with Crippen molar-refractivity contribution in [2.75, 3.05) is 20.0 Å². The average Bonchev–Trinajstić information content (AvgIpc) is 2.11. The summed E-state index contributed by atoms with van der Waals surface area (Å²) < 4.78 is 11.9. The number of nitrogens with zero attached hydrogens (tertiary/aromatic N) is 1. The lowest BCUT2D eigenvalue weighted by Crippen LogP contribution is -2.46. The van der Waals surface area contributed by atoms with E-state index in [0.29, 0.717) is 17.9 Å². The zero-order valence-electron chi connectivity index (χ0n) is 9.15. The Hall–Kier alpha value is -0.380. The summed E-state index contributed by atoms with van der Waals surface area (Å²) in [7, 11) is -2.32. The number of hydrogen-bond donors (Lipinski definition) is 2. The van der Waals surface area contributed by atoms with Crippen molar-refractivity contribution in [3.8, 4) is 0 Å². The summed E-state index contributed by atoms with van der Waals surface area (Å²) in [6.45, 7) is 7.10. The molecule has 0 aromatic rings. The molecular formula is C8H19N2O3P. The molecule has 0 aromatic carbocycles. The van der Waals surface area contributed by atoms with E-state index in [2.05, 4.69) is 5.32 Å². The third-order valence-electron chi connectivity index (χ3n) is 2.62. The van der Waals surface area contributed by atoms with E-state index in [4.69, 9.17) is 5.21 Å². The Bertz CT molecular complexity index is 241. The molecule has 0 heterocycles. The van der Waals surface area contributed by atoms with Gasteiger partial charge in [-0.15, -0.1) is 0 Å². The van der Waals surface area contributed by atoms with Crippen LogP contribution in [0.15, 0.2) is 0 Å². The Kier molecular flexibility index (Phi) is 4.78. The van der Waals surface area contributed by atoms with E-state index in [0.717, 1.165) is 0 Å². The minimum atomic E-state index is -2.32. The molecule has 6 heteroatoms. The van der Waals surface area contributed by atoms with Crippen molar-refractivity contribution in [2.24, 2.45) is 0 Å². The van der Waals surface area contributed by atoms with Crippen molar-refractivity contribution < 1.29 is 14.6 Å². The molecule has 1 unspecified atom stereocenters. The molecular weight excluding hydrogens is 203 g/mol. The Morgan fingerprint density at radius 3 is 2.36 bits per heavy atom. The van der Waals surface area contributed by atoms with Gasteiger partial charge in [0.1, 0.15) is 7.14 Å². The molecule has 0 aliphatic carbocycles. The largest absolute Gasteiger partial charge is 0.322 e. The van der Waals surface area contributed by atoms with Gasteiger partial charge in [-0.2, -0.15) is 0 Å². The van der Waals surface area contributed by atoms with Crippen LogP contribution in [0, 0.1) is 0 Å². The molecule has 0 fully saturated rings. The van der Waals surface area contributed by atoms with Crippen LogP contribution in [0.2, 0.25) is 0 Å². The number of hydrogen-bond acceptors (Lipinski definition) is 4. The molecule has 1 amide bonds. The SMILES string of the molecule is CCC(C)(NCN(O)C=O)P(C)(C)=O. The zero-order chi connectivity index (χ0) is 11.4. The molecule has 0 aliphatic rings. The summed E-state index contributed by atoms with van der Waals surface area (Å²) in [5.41, 5.74) is 0. The van der Waals surface area contributed by atoms with Crippen LogP contribution in [0.25, 0.3) is 0 Å². The third kappa shape index (κ3) is 3.40. The fourth-order valence-electron chi connectivity index (χ4n) is 0.985. The minimum absolute atomic E-state index is 0.0144. The number of nitrogens with one attached hydrogen (secondary N) is 1. The van der Waals surface area contributed by atoms with Crippen molar-refractivity contribution in [3.05, 3.63) is 0 Å². The second kappa shape index (κ2) is 4.91. The Morgan fingerprint density at radius 1 is 1.57 bits per heavy atom. The van der Waals surface area contributed by atoms with Crippen LogP contribution in [-0.2, 0) is 9.36 Å². The van der Waals surface area contributed by atoms with E-state index >= 15 is 0 Å². The monoisotopic (exact) mass is 222 g/mol. The van der Waals surface area contributed by atoms with Crippen molar-refractivity contribution in [1.29, 1.82) is 0 Å². The van der Waals surface area contributed by atoms with E-state index in [1.54, 1.807) is 13.3 Å². The summed E-state index contributed by atoms with van der Waals surface area (Å²) in [5.74, 6) is 0. The zero-order valence-corrected chi connectivity index (χ0v) is 10.0. The lowest BCUT2D eigenvalue weighted by molar-refractivity contribution is -0.151. The summed E-state index contributed by atoms with van der Waals surface area (Å²) in [4.78, 5) is 10.1. The van der Waals surface area contributed by atoms with E-state index < -0.39 is 12.4 Å². The Morgan fingerprint density at radius 2 is 2.07 bits per heavy atom. The van der Waals surface area contributed by atoms with Crippen molar-refractivity contribution in [1.82, 2.24) is 10.4 Å². The summed E-state index contributed by atoms with van der Waals surface area (Å²) >= 11 is 0. The Balaban J connectivity index is 4.42. The fourth-order valence-corrected chi connectivity index (χ4v) is 2.20. The normalized spacial score (nSPS) is 16.1. The van der Waals surface area contributed by atoms with Crippen LogP contribution in [0.1, 0.15) is 20.3 Å². The predicted molar refractivity (Wildman–Crippen MR) is 55.8 cm³/mol. The standard InChI is InChI=1S/C8H19N2O3P/c1-5-8(2,14(3,4)13)9-6-10(12)7-11/h7,9,12H,5-6H2,1-4H3. The molecule has 14 heavy (non-hydrogen) atoms. The molecule has 0 rings (SSSR count). The van der Waals surface area contributed by atoms with Crippen molar-refractivity contribution in [3.63, 3.8) is 0 Å². The maximum atomic E-state index is 11.9. The first-order valence-electron chi connectivity index (χ1n) is 4.47. The number of rotatable bonds is 6. The van der Waals surface area contributed by atoms with Crippen LogP contribution in [0.5, 0.6) is 0 Å². The quantitative estimate of drug-likeness (QED) is 0.232. The van der Waals surface area contributed by atoms with E-state index in [9.17, 15) is 9.36 Å². The van der Waals surface area contributed by atoms with Crippen LogP contribution in [0.3, 0.4) is 0 Å². The van der Waals surface area contributed by atoms with Gasteiger partial charge in [-0.25, -0.2) is 5.06 Å². The van der Waals surface area contributed by atoms with Gasteiger partial charge in [-0.1, -0.05) is 6.92 Å². The van der Waals surface area contributed by atoms with Gasteiger partial charge in [0.15, 0.2) is 0 Å². The minimum Gasteiger partial charge on any atom is -0.322 e. The van der Waals surface area contributed by atoms with Gasteiger partial charge >= 0.3 is 0 Å². The summed E-state index contributed by atoms with van der Waals surface area (Å²) in [6.07, 6.45) is 0.975. The van der Waals surface area contributed by atoms with Gasteiger partial charge in [-0.05, 0) is 26.7 Å². The first-order chi connectivity index (χ1) is 6.27. The van der Waals surface area contributed by atoms with Gasteiger partial charge in [0.05, 0.1) is 11.9 Å². The molecule has 0 saturated heterocycles. The Labute approximate surface area is 84.8 Å². The average molecular weight is 222 g/mol. The molecule has 2 N–H and O–H groups in total. The summed E-state index contributed by atoms with van der Waals surface area (Å²) in [5, 5.41) is 11.8. The molecule has 0 aromatic heterocycles. The van der Waals surface area contributed by atoms with E-state index in [1.807, 2.05) is 13.8 Å². The highest BCUT2D eigenvalue weighted by Gasteiger charge is 2.34. The van der Waals surface area contributed by atoms with E-state index in [-0.39, 0.29) is 6.67 Å².